The van der Waals surface area contributed by atoms with Gasteiger partial charge in [0.2, 0.25) is 5.91 Å². The summed E-state index contributed by atoms with van der Waals surface area (Å²) in [6.07, 6.45) is 1.03. The average Bonchev–Trinajstić information content (AvgIpc) is 2.85. The van der Waals surface area contributed by atoms with Crippen LogP contribution in [0.4, 0.5) is 8.78 Å². The Balaban J connectivity index is 1.92. The summed E-state index contributed by atoms with van der Waals surface area (Å²) in [5, 5.41) is 3.24. The fraction of sp³-hybridized carbons (Fsp3) is 0.500. The number of amides is 1. The van der Waals surface area contributed by atoms with Crippen molar-refractivity contribution in [3.8, 4) is 0 Å². The molecule has 1 aliphatic heterocycles. The average molecular weight is 268 g/mol. The minimum absolute atomic E-state index is 0.0250. The Labute approximate surface area is 111 Å². The van der Waals surface area contributed by atoms with Crippen molar-refractivity contribution in [1.82, 2.24) is 10.2 Å². The van der Waals surface area contributed by atoms with Crippen molar-refractivity contribution in [1.29, 1.82) is 0 Å². The molecule has 1 N–H and O–H groups in total. The lowest BCUT2D eigenvalue weighted by Crippen LogP contribution is -2.33. The highest BCUT2D eigenvalue weighted by molar-refractivity contribution is 5.78. The fourth-order valence-corrected chi connectivity index (χ4v) is 2.32. The monoisotopic (exact) mass is 268 g/mol. The highest BCUT2D eigenvalue weighted by atomic mass is 19.1. The molecule has 0 aromatic heterocycles. The third-order valence-corrected chi connectivity index (χ3v) is 3.48. The number of nitrogens with one attached hydrogen (secondary N) is 1. The van der Waals surface area contributed by atoms with E-state index < -0.39 is 11.6 Å². The van der Waals surface area contributed by atoms with Gasteiger partial charge >= 0.3 is 0 Å². The standard InChI is InChI=1S/C14H18F2N2O/c1-18(9-10-4-5-17-8-10)14(19)6-11-2-3-12(15)7-13(11)16/h2-3,7,10,17H,4-6,8-9H2,1H3. The highest BCUT2D eigenvalue weighted by Crippen LogP contribution is 2.13. The fourth-order valence-electron chi connectivity index (χ4n) is 2.32. The van der Waals surface area contributed by atoms with Crippen molar-refractivity contribution in [3.63, 3.8) is 0 Å². The highest BCUT2D eigenvalue weighted by Gasteiger charge is 2.20. The number of rotatable bonds is 4. The maximum absolute atomic E-state index is 13.5. The zero-order chi connectivity index (χ0) is 13.8. The van der Waals surface area contributed by atoms with Gasteiger partial charge in [0.15, 0.2) is 0 Å². The second-order valence-corrected chi connectivity index (χ2v) is 5.05. The minimum Gasteiger partial charge on any atom is -0.345 e. The number of nitrogens with zero attached hydrogens (tertiary/aromatic N) is 1. The van der Waals surface area contributed by atoms with Crippen molar-refractivity contribution < 1.29 is 13.6 Å². The first-order chi connectivity index (χ1) is 9.06. The third-order valence-electron chi connectivity index (χ3n) is 3.48. The van der Waals surface area contributed by atoms with Gasteiger partial charge in [0, 0.05) is 19.7 Å². The first-order valence-corrected chi connectivity index (χ1v) is 6.45. The Kier molecular flexibility index (Phi) is 4.47. The molecule has 0 saturated carbocycles. The van der Waals surface area contributed by atoms with Gasteiger partial charge in [0.25, 0.3) is 0 Å². The number of carbonyl (C=O) groups excluding carboxylic acids is 1. The second-order valence-electron chi connectivity index (χ2n) is 5.05. The molecular formula is C14H18F2N2O. The molecule has 1 amide bonds. The van der Waals surface area contributed by atoms with E-state index in [4.69, 9.17) is 0 Å². The molecule has 1 atom stereocenters. The molecule has 1 heterocycles. The third kappa shape index (κ3) is 3.73. The predicted octanol–water partition coefficient (Wildman–Crippen LogP) is 1.58. The van der Waals surface area contributed by atoms with Crippen molar-refractivity contribution in [2.75, 3.05) is 26.7 Å². The summed E-state index contributed by atoms with van der Waals surface area (Å²) in [6, 6.07) is 3.31. The van der Waals surface area contributed by atoms with Crippen LogP contribution in [0.3, 0.4) is 0 Å². The molecule has 1 aliphatic rings. The summed E-state index contributed by atoms with van der Waals surface area (Å²) in [6.45, 7) is 2.58. The molecule has 0 bridgehead atoms. The van der Waals surface area contributed by atoms with Gasteiger partial charge in [-0.05, 0) is 37.1 Å². The van der Waals surface area contributed by atoms with Gasteiger partial charge in [-0.1, -0.05) is 6.07 Å². The Morgan fingerprint density at radius 2 is 2.26 bits per heavy atom. The van der Waals surface area contributed by atoms with E-state index in [9.17, 15) is 13.6 Å². The van der Waals surface area contributed by atoms with E-state index in [1.165, 1.54) is 12.1 Å². The summed E-state index contributed by atoms with van der Waals surface area (Å²) >= 11 is 0. The number of halogens is 2. The summed E-state index contributed by atoms with van der Waals surface area (Å²) in [5.74, 6) is -0.965. The van der Waals surface area contributed by atoms with Gasteiger partial charge < -0.3 is 10.2 Å². The zero-order valence-electron chi connectivity index (χ0n) is 11.0. The molecular weight excluding hydrogens is 250 g/mol. The molecule has 1 fully saturated rings. The van der Waals surface area contributed by atoms with E-state index >= 15 is 0 Å². The molecule has 1 saturated heterocycles. The minimum atomic E-state index is -0.663. The summed E-state index contributed by atoms with van der Waals surface area (Å²) in [7, 11) is 1.72. The van der Waals surface area contributed by atoms with Crippen molar-refractivity contribution in [3.05, 3.63) is 35.4 Å². The van der Waals surface area contributed by atoms with Crippen LogP contribution in [0.1, 0.15) is 12.0 Å². The van der Waals surface area contributed by atoms with Crippen LogP contribution in [0.2, 0.25) is 0 Å². The normalized spacial score (nSPS) is 18.6. The molecule has 1 aromatic rings. The van der Waals surface area contributed by atoms with E-state index in [2.05, 4.69) is 5.32 Å². The van der Waals surface area contributed by atoms with E-state index in [-0.39, 0.29) is 17.9 Å². The smallest absolute Gasteiger partial charge is 0.226 e. The van der Waals surface area contributed by atoms with Crippen LogP contribution in [-0.4, -0.2) is 37.5 Å². The zero-order valence-corrected chi connectivity index (χ0v) is 11.0. The molecule has 1 aromatic carbocycles. The lowest BCUT2D eigenvalue weighted by Gasteiger charge is -2.21. The number of carbonyl (C=O) groups is 1. The Morgan fingerprint density at radius 3 is 2.89 bits per heavy atom. The van der Waals surface area contributed by atoms with Crippen LogP contribution >= 0.6 is 0 Å². The SMILES string of the molecule is CN(CC1CCNC1)C(=O)Cc1ccc(F)cc1F. The number of hydrogen-bond acceptors (Lipinski definition) is 2. The molecule has 1 unspecified atom stereocenters. The molecule has 5 heteroatoms. The van der Waals surface area contributed by atoms with E-state index in [0.29, 0.717) is 12.5 Å². The largest absolute Gasteiger partial charge is 0.345 e. The molecule has 0 aliphatic carbocycles. The van der Waals surface area contributed by atoms with Crippen LogP contribution in [0.5, 0.6) is 0 Å². The molecule has 0 spiro atoms. The van der Waals surface area contributed by atoms with Crippen LogP contribution in [0.15, 0.2) is 18.2 Å². The summed E-state index contributed by atoms with van der Waals surface area (Å²) in [5.41, 5.74) is 0.239. The van der Waals surface area contributed by atoms with Crippen molar-refractivity contribution in [2.45, 2.75) is 12.8 Å². The second kappa shape index (κ2) is 6.10. The lowest BCUT2D eigenvalue weighted by atomic mass is 10.1. The van der Waals surface area contributed by atoms with Gasteiger partial charge in [0.1, 0.15) is 11.6 Å². The molecule has 104 valence electrons. The summed E-state index contributed by atoms with van der Waals surface area (Å²) < 4.78 is 26.2. The van der Waals surface area contributed by atoms with Crippen molar-refractivity contribution >= 4 is 5.91 Å². The summed E-state index contributed by atoms with van der Waals surface area (Å²) in [4.78, 5) is 13.6. The maximum Gasteiger partial charge on any atom is 0.226 e. The van der Waals surface area contributed by atoms with Gasteiger partial charge in [-0.3, -0.25) is 4.79 Å². The number of hydrogen-bond donors (Lipinski definition) is 1. The first kappa shape index (κ1) is 13.9. The number of benzene rings is 1. The molecule has 2 rings (SSSR count). The van der Waals surface area contributed by atoms with Crippen LogP contribution in [0.25, 0.3) is 0 Å². The van der Waals surface area contributed by atoms with E-state index in [1.54, 1.807) is 11.9 Å². The van der Waals surface area contributed by atoms with E-state index in [0.717, 1.165) is 25.6 Å². The van der Waals surface area contributed by atoms with Gasteiger partial charge in [0.05, 0.1) is 6.42 Å². The van der Waals surface area contributed by atoms with Crippen LogP contribution < -0.4 is 5.32 Å². The van der Waals surface area contributed by atoms with Gasteiger partial charge in [-0.2, -0.15) is 0 Å². The number of likely N-dealkylation sites (N-methyl/N-ethyl adjacent to an activating group) is 1. The molecule has 3 nitrogen and oxygen atoms in total. The van der Waals surface area contributed by atoms with Crippen LogP contribution in [0, 0.1) is 17.6 Å². The van der Waals surface area contributed by atoms with Gasteiger partial charge in [-0.15, -0.1) is 0 Å². The quantitative estimate of drug-likeness (QED) is 0.899. The molecule has 19 heavy (non-hydrogen) atoms. The first-order valence-electron chi connectivity index (χ1n) is 6.45. The lowest BCUT2D eigenvalue weighted by molar-refractivity contribution is -0.129. The Hall–Kier alpha value is -1.49. The van der Waals surface area contributed by atoms with Crippen LogP contribution in [-0.2, 0) is 11.2 Å². The topological polar surface area (TPSA) is 32.3 Å². The maximum atomic E-state index is 13.5. The van der Waals surface area contributed by atoms with E-state index in [1.807, 2.05) is 0 Å². The Bertz CT molecular complexity index is 459. The van der Waals surface area contributed by atoms with Crippen molar-refractivity contribution in [2.24, 2.45) is 5.92 Å². The predicted molar refractivity (Wildman–Crippen MR) is 68.7 cm³/mol. The Morgan fingerprint density at radius 1 is 1.47 bits per heavy atom. The van der Waals surface area contributed by atoms with Gasteiger partial charge in [-0.25, -0.2) is 8.78 Å². The molecule has 0 radical (unpaired) electrons.